The molecule has 1 fully saturated rings. The number of anilines is 1. The minimum atomic E-state index is -1.63. The van der Waals surface area contributed by atoms with E-state index in [0.717, 1.165) is 0 Å². The van der Waals surface area contributed by atoms with E-state index in [4.69, 9.17) is 16.9 Å². The predicted octanol–water partition coefficient (Wildman–Crippen LogP) is 0.666. The second-order valence-electron chi connectivity index (χ2n) is 5.23. The third-order valence-electron chi connectivity index (χ3n) is 3.65. The first-order valence-electron chi connectivity index (χ1n) is 6.65. The molecule has 3 N–H and O–H groups in total. The molecule has 0 unspecified atom stereocenters. The molecule has 8 heteroatoms. The lowest BCUT2D eigenvalue weighted by Gasteiger charge is -2.08. The van der Waals surface area contributed by atoms with Crippen molar-refractivity contribution in [2.24, 2.45) is 11.8 Å². The number of fused-ring (bicyclic) bond motifs is 1. The molecule has 0 bridgehead atoms. The number of pyridine rings is 1. The van der Waals surface area contributed by atoms with Gasteiger partial charge in [-0.05, 0) is 29.4 Å². The van der Waals surface area contributed by atoms with E-state index in [2.05, 4.69) is 16.4 Å². The van der Waals surface area contributed by atoms with Crippen LogP contribution < -0.4 is 10.8 Å². The van der Waals surface area contributed by atoms with Crippen LogP contribution in [0.5, 0.6) is 0 Å². The molecule has 110 valence electrons. The van der Waals surface area contributed by atoms with Gasteiger partial charge in [-0.1, -0.05) is 17.7 Å². The Bertz CT molecular complexity index is 806. The number of aromatic nitrogens is 1. The van der Waals surface area contributed by atoms with Crippen LogP contribution in [0.3, 0.4) is 0 Å². The lowest BCUT2D eigenvalue weighted by atomic mass is 9.79. The highest BCUT2D eigenvalue weighted by Gasteiger charge is 2.43. The van der Waals surface area contributed by atoms with Gasteiger partial charge in [0, 0.05) is 16.6 Å². The number of hydrogen-bond acceptors (Lipinski definition) is 5. The van der Waals surface area contributed by atoms with Gasteiger partial charge >= 0.3 is 7.12 Å². The van der Waals surface area contributed by atoms with Crippen molar-refractivity contribution in [1.29, 1.82) is 5.26 Å². The molecule has 22 heavy (non-hydrogen) atoms. The maximum atomic E-state index is 11.9. The number of halogens is 1. The standard InChI is InChI=1S/C14H11BClN3O3/c16-12-4-9(15(21)22)1-7-3-13(18-6-11(7)12)19-14(20)10-2-8(10)5-17/h1,3-4,6,8,10,21-22H,2H2,(H,18,19,20)/t8-,10+/m1/s1. The highest BCUT2D eigenvalue weighted by Crippen LogP contribution is 2.38. The highest BCUT2D eigenvalue weighted by molar-refractivity contribution is 6.59. The first-order chi connectivity index (χ1) is 10.5. The lowest BCUT2D eigenvalue weighted by molar-refractivity contribution is -0.117. The SMILES string of the molecule is N#C[C@H]1C[C@@H]1C(=O)Nc1cc2cc(B(O)O)cc(Cl)c2cn1. The van der Waals surface area contributed by atoms with Gasteiger partial charge in [-0.3, -0.25) is 4.79 Å². The molecule has 1 aliphatic rings. The largest absolute Gasteiger partial charge is 0.488 e. The van der Waals surface area contributed by atoms with Gasteiger partial charge < -0.3 is 15.4 Å². The van der Waals surface area contributed by atoms with Crippen molar-refractivity contribution < 1.29 is 14.8 Å². The van der Waals surface area contributed by atoms with E-state index in [1.807, 2.05) is 0 Å². The number of nitrogens with one attached hydrogen (secondary N) is 1. The summed E-state index contributed by atoms with van der Waals surface area (Å²) in [4.78, 5) is 16.0. The van der Waals surface area contributed by atoms with Gasteiger partial charge in [0.15, 0.2) is 0 Å². The molecule has 6 nitrogen and oxygen atoms in total. The van der Waals surface area contributed by atoms with Crippen LogP contribution in [0.2, 0.25) is 5.02 Å². The van der Waals surface area contributed by atoms with E-state index in [1.54, 1.807) is 12.1 Å². The Kier molecular flexibility index (Phi) is 3.75. The molecule has 0 saturated heterocycles. The van der Waals surface area contributed by atoms with Crippen molar-refractivity contribution in [1.82, 2.24) is 4.98 Å². The summed E-state index contributed by atoms with van der Waals surface area (Å²) in [5.41, 5.74) is 0.257. The Morgan fingerprint density at radius 1 is 1.45 bits per heavy atom. The van der Waals surface area contributed by atoms with Crippen molar-refractivity contribution in [3.8, 4) is 6.07 Å². The van der Waals surface area contributed by atoms with Crippen LogP contribution in [0, 0.1) is 23.2 Å². The van der Waals surface area contributed by atoms with Gasteiger partial charge in [-0.25, -0.2) is 4.98 Å². The first kappa shape index (κ1) is 14.8. The molecule has 0 aliphatic heterocycles. The van der Waals surface area contributed by atoms with E-state index < -0.39 is 7.12 Å². The number of nitriles is 1. The fourth-order valence-corrected chi connectivity index (χ4v) is 2.58. The Hall–Kier alpha value is -2.14. The van der Waals surface area contributed by atoms with Crippen molar-refractivity contribution in [3.05, 3.63) is 29.4 Å². The van der Waals surface area contributed by atoms with Crippen LogP contribution in [0.1, 0.15) is 6.42 Å². The average molecular weight is 316 g/mol. The van der Waals surface area contributed by atoms with Crippen molar-refractivity contribution in [3.63, 3.8) is 0 Å². The molecule has 3 rings (SSSR count). The maximum absolute atomic E-state index is 11.9. The minimum absolute atomic E-state index is 0.217. The van der Waals surface area contributed by atoms with Crippen LogP contribution in [-0.2, 0) is 4.79 Å². The smallest absolute Gasteiger partial charge is 0.423 e. The molecular weight excluding hydrogens is 304 g/mol. The first-order valence-corrected chi connectivity index (χ1v) is 7.03. The van der Waals surface area contributed by atoms with E-state index in [-0.39, 0.29) is 23.2 Å². The molecule has 2 atom stereocenters. The van der Waals surface area contributed by atoms with Crippen LogP contribution in [0.4, 0.5) is 5.82 Å². The topological polar surface area (TPSA) is 106 Å². The van der Waals surface area contributed by atoms with Crippen molar-refractivity contribution in [2.75, 3.05) is 5.32 Å². The Labute approximate surface area is 131 Å². The van der Waals surface area contributed by atoms with Gasteiger partial charge in [0.1, 0.15) is 5.82 Å². The summed E-state index contributed by atoms with van der Waals surface area (Å²) in [6.07, 6.45) is 2.08. The zero-order chi connectivity index (χ0) is 15.9. The van der Waals surface area contributed by atoms with Gasteiger partial charge in [-0.2, -0.15) is 5.26 Å². The number of amides is 1. The maximum Gasteiger partial charge on any atom is 0.488 e. The van der Waals surface area contributed by atoms with Crippen LogP contribution in [0.25, 0.3) is 10.8 Å². The van der Waals surface area contributed by atoms with E-state index in [9.17, 15) is 14.8 Å². The molecule has 1 aliphatic carbocycles. The molecule has 1 saturated carbocycles. The fraction of sp³-hybridized carbons (Fsp3) is 0.214. The van der Waals surface area contributed by atoms with E-state index in [0.29, 0.717) is 28.0 Å². The van der Waals surface area contributed by atoms with Gasteiger partial charge in [0.05, 0.1) is 17.9 Å². The number of carbonyl (C=O) groups excluding carboxylic acids is 1. The molecule has 0 spiro atoms. The van der Waals surface area contributed by atoms with Gasteiger partial charge in [0.25, 0.3) is 0 Å². The van der Waals surface area contributed by atoms with E-state index >= 15 is 0 Å². The number of hydrogen-bond donors (Lipinski definition) is 3. The molecule has 1 amide bonds. The Balaban J connectivity index is 1.89. The molecule has 1 aromatic carbocycles. The summed E-state index contributed by atoms with van der Waals surface area (Å²) >= 11 is 6.08. The Morgan fingerprint density at radius 3 is 2.86 bits per heavy atom. The van der Waals surface area contributed by atoms with Crippen LogP contribution in [0.15, 0.2) is 24.4 Å². The molecule has 0 radical (unpaired) electrons. The quantitative estimate of drug-likeness (QED) is 0.722. The summed E-state index contributed by atoms with van der Waals surface area (Å²) < 4.78 is 0. The average Bonchev–Trinajstić information content (AvgIpc) is 3.26. The number of nitrogens with zero attached hydrogens (tertiary/aromatic N) is 2. The number of carbonyl (C=O) groups is 1. The third-order valence-corrected chi connectivity index (χ3v) is 3.96. The second kappa shape index (κ2) is 5.57. The molecule has 1 aromatic heterocycles. The van der Waals surface area contributed by atoms with Gasteiger partial charge in [-0.15, -0.1) is 0 Å². The van der Waals surface area contributed by atoms with Crippen LogP contribution >= 0.6 is 11.6 Å². The second-order valence-corrected chi connectivity index (χ2v) is 5.64. The monoisotopic (exact) mass is 315 g/mol. The normalized spacial score (nSPS) is 19.5. The van der Waals surface area contributed by atoms with E-state index in [1.165, 1.54) is 12.3 Å². The minimum Gasteiger partial charge on any atom is -0.423 e. The van der Waals surface area contributed by atoms with Crippen molar-refractivity contribution in [2.45, 2.75) is 6.42 Å². The summed E-state index contributed by atoms with van der Waals surface area (Å²) in [6.45, 7) is 0. The fourth-order valence-electron chi connectivity index (χ4n) is 2.30. The Morgan fingerprint density at radius 2 is 2.23 bits per heavy atom. The summed E-state index contributed by atoms with van der Waals surface area (Å²) in [5.74, 6) is -0.396. The third kappa shape index (κ3) is 2.77. The summed E-state index contributed by atoms with van der Waals surface area (Å²) in [7, 11) is -1.63. The summed E-state index contributed by atoms with van der Waals surface area (Å²) in [6, 6.07) is 6.69. The highest BCUT2D eigenvalue weighted by atomic mass is 35.5. The zero-order valence-corrected chi connectivity index (χ0v) is 12.1. The van der Waals surface area contributed by atoms with Crippen molar-refractivity contribution >= 4 is 46.7 Å². The predicted molar refractivity (Wildman–Crippen MR) is 82.4 cm³/mol. The van der Waals surface area contributed by atoms with Crippen LogP contribution in [-0.4, -0.2) is 28.1 Å². The van der Waals surface area contributed by atoms with Gasteiger partial charge in [0.2, 0.25) is 5.91 Å². The number of benzene rings is 1. The number of rotatable bonds is 3. The molecule has 2 aromatic rings. The summed E-state index contributed by atoms with van der Waals surface area (Å²) in [5, 5.41) is 31.5. The molecular formula is C14H11BClN3O3. The lowest BCUT2D eigenvalue weighted by Crippen LogP contribution is -2.29. The molecule has 1 heterocycles. The zero-order valence-electron chi connectivity index (χ0n) is 11.3.